The summed E-state index contributed by atoms with van der Waals surface area (Å²) >= 11 is 5.05. The van der Waals surface area contributed by atoms with E-state index < -0.39 is 0 Å². The maximum Gasteiger partial charge on any atom is 0.0899 e. The summed E-state index contributed by atoms with van der Waals surface area (Å²) in [6, 6.07) is 0.253. The van der Waals surface area contributed by atoms with Gasteiger partial charge in [0.15, 0.2) is 0 Å². The van der Waals surface area contributed by atoms with Gasteiger partial charge in [-0.3, -0.25) is 4.90 Å². The average Bonchev–Trinajstić information content (AvgIpc) is 2.28. The van der Waals surface area contributed by atoms with Gasteiger partial charge >= 0.3 is 0 Å². The first-order valence-corrected chi connectivity index (χ1v) is 7.17. The minimum Gasteiger partial charge on any atom is -0.392 e. The fourth-order valence-electron chi connectivity index (χ4n) is 2.28. The average molecular weight is 257 g/mol. The topological polar surface area (TPSA) is 32.5 Å². The number of nitrogens with two attached hydrogens (primary N) is 1. The predicted molar refractivity (Wildman–Crippen MR) is 78.3 cm³/mol. The van der Waals surface area contributed by atoms with Crippen LogP contribution in [-0.4, -0.2) is 53.6 Å². The molecule has 1 fully saturated rings. The Kier molecular flexibility index (Phi) is 6.38. The molecule has 2 N–H and O–H groups in total. The number of hydrogen-bond acceptors (Lipinski definition) is 3. The van der Waals surface area contributed by atoms with E-state index in [-0.39, 0.29) is 6.04 Å². The van der Waals surface area contributed by atoms with Crippen molar-refractivity contribution in [3.05, 3.63) is 0 Å². The number of thiocarbonyl (C=S) groups is 1. The largest absolute Gasteiger partial charge is 0.392 e. The molecule has 1 unspecified atom stereocenters. The smallest absolute Gasteiger partial charge is 0.0899 e. The van der Waals surface area contributed by atoms with E-state index in [1.807, 2.05) is 0 Å². The van der Waals surface area contributed by atoms with Crippen LogP contribution in [0.1, 0.15) is 33.6 Å². The zero-order valence-corrected chi connectivity index (χ0v) is 12.3. The summed E-state index contributed by atoms with van der Waals surface area (Å²) in [6.45, 7) is 12.4. The fourth-order valence-corrected chi connectivity index (χ4v) is 2.43. The van der Waals surface area contributed by atoms with Gasteiger partial charge in [-0.05, 0) is 32.2 Å². The maximum atomic E-state index is 5.69. The molecule has 0 bridgehead atoms. The van der Waals surface area contributed by atoms with Crippen LogP contribution in [-0.2, 0) is 0 Å². The van der Waals surface area contributed by atoms with E-state index in [0.29, 0.717) is 4.99 Å². The van der Waals surface area contributed by atoms with E-state index in [9.17, 15) is 0 Å². The highest BCUT2D eigenvalue weighted by Crippen LogP contribution is 2.09. The Morgan fingerprint density at radius 1 is 1.18 bits per heavy atom. The van der Waals surface area contributed by atoms with Crippen LogP contribution in [0.15, 0.2) is 0 Å². The minimum atomic E-state index is 0.253. The van der Waals surface area contributed by atoms with Gasteiger partial charge in [-0.25, -0.2) is 0 Å². The number of nitrogens with zero attached hydrogens (tertiary/aromatic N) is 2. The van der Waals surface area contributed by atoms with Crippen molar-refractivity contribution in [3.63, 3.8) is 0 Å². The van der Waals surface area contributed by atoms with Crippen LogP contribution in [0.4, 0.5) is 0 Å². The number of hydrogen-bond donors (Lipinski definition) is 1. The predicted octanol–water partition coefficient (Wildman–Crippen LogP) is 1.71. The second-order valence-electron chi connectivity index (χ2n) is 5.49. The highest BCUT2D eigenvalue weighted by molar-refractivity contribution is 7.80. The van der Waals surface area contributed by atoms with Crippen molar-refractivity contribution in [2.45, 2.75) is 39.7 Å². The molecule has 0 aromatic rings. The van der Waals surface area contributed by atoms with Crippen molar-refractivity contribution < 1.29 is 0 Å². The SMILES string of the molecule is CC(C)CCCN1CCN(C(C)C(N)=S)CC1. The third-order valence-corrected chi connectivity index (χ3v) is 3.96. The Labute approximate surface area is 111 Å². The summed E-state index contributed by atoms with van der Waals surface area (Å²) in [4.78, 5) is 5.57. The third-order valence-electron chi connectivity index (χ3n) is 3.62. The molecule has 0 spiro atoms. The summed E-state index contributed by atoms with van der Waals surface area (Å²) in [5.41, 5.74) is 5.69. The summed E-state index contributed by atoms with van der Waals surface area (Å²) in [6.07, 6.45) is 2.66. The second kappa shape index (κ2) is 7.29. The van der Waals surface area contributed by atoms with Gasteiger partial charge in [0.25, 0.3) is 0 Å². The first-order valence-electron chi connectivity index (χ1n) is 6.76. The van der Waals surface area contributed by atoms with Crippen molar-refractivity contribution in [3.8, 4) is 0 Å². The van der Waals surface area contributed by atoms with E-state index in [1.165, 1.54) is 19.4 Å². The van der Waals surface area contributed by atoms with Crippen molar-refractivity contribution >= 4 is 17.2 Å². The summed E-state index contributed by atoms with van der Waals surface area (Å²) in [5, 5.41) is 0. The van der Waals surface area contributed by atoms with Gasteiger partial charge in [-0.15, -0.1) is 0 Å². The first-order chi connectivity index (χ1) is 8.00. The molecule has 0 radical (unpaired) electrons. The molecule has 1 aliphatic heterocycles. The number of piperazine rings is 1. The quantitative estimate of drug-likeness (QED) is 0.734. The highest BCUT2D eigenvalue weighted by Gasteiger charge is 2.21. The van der Waals surface area contributed by atoms with E-state index in [4.69, 9.17) is 18.0 Å². The molecule has 3 nitrogen and oxygen atoms in total. The van der Waals surface area contributed by atoms with Crippen LogP contribution >= 0.6 is 12.2 Å². The molecule has 0 aromatic carbocycles. The zero-order valence-electron chi connectivity index (χ0n) is 11.5. The van der Waals surface area contributed by atoms with Crippen LogP contribution in [0.5, 0.6) is 0 Å². The Balaban J connectivity index is 2.19. The maximum absolute atomic E-state index is 5.69. The van der Waals surface area contributed by atoms with E-state index >= 15 is 0 Å². The number of rotatable bonds is 6. The van der Waals surface area contributed by atoms with Gasteiger partial charge in [-0.1, -0.05) is 26.1 Å². The molecule has 100 valence electrons. The van der Waals surface area contributed by atoms with Crippen LogP contribution in [0.25, 0.3) is 0 Å². The minimum absolute atomic E-state index is 0.253. The van der Waals surface area contributed by atoms with Crippen molar-refractivity contribution in [1.82, 2.24) is 9.80 Å². The van der Waals surface area contributed by atoms with Gasteiger partial charge < -0.3 is 10.6 Å². The Bertz CT molecular complexity index is 235. The molecular formula is C13H27N3S. The molecule has 17 heavy (non-hydrogen) atoms. The lowest BCUT2D eigenvalue weighted by molar-refractivity contribution is 0.120. The lowest BCUT2D eigenvalue weighted by Crippen LogP contribution is -2.52. The van der Waals surface area contributed by atoms with Gasteiger partial charge in [0, 0.05) is 26.2 Å². The molecule has 1 saturated heterocycles. The van der Waals surface area contributed by atoms with Crippen LogP contribution in [0.3, 0.4) is 0 Å². The summed E-state index contributed by atoms with van der Waals surface area (Å²) < 4.78 is 0. The fraction of sp³-hybridized carbons (Fsp3) is 0.923. The molecule has 0 saturated carbocycles. The van der Waals surface area contributed by atoms with Crippen LogP contribution in [0, 0.1) is 5.92 Å². The molecule has 4 heteroatoms. The van der Waals surface area contributed by atoms with E-state index in [1.54, 1.807) is 0 Å². The van der Waals surface area contributed by atoms with Crippen molar-refractivity contribution in [2.75, 3.05) is 32.7 Å². The molecule has 0 amide bonds. The summed E-state index contributed by atoms with van der Waals surface area (Å²) in [5.74, 6) is 0.825. The molecule has 1 heterocycles. The molecule has 0 aliphatic carbocycles. The Morgan fingerprint density at radius 2 is 1.76 bits per heavy atom. The Morgan fingerprint density at radius 3 is 2.24 bits per heavy atom. The van der Waals surface area contributed by atoms with Crippen molar-refractivity contribution in [1.29, 1.82) is 0 Å². The molecule has 1 aliphatic rings. The van der Waals surface area contributed by atoms with Crippen LogP contribution in [0.2, 0.25) is 0 Å². The lowest BCUT2D eigenvalue weighted by atomic mass is 10.1. The highest BCUT2D eigenvalue weighted by atomic mass is 32.1. The van der Waals surface area contributed by atoms with Crippen molar-refractivity contribution in [2.24, 2.45) is 11.7 Å². The first kappa shape index (κ1) is 14.9. The summed E-state index contributed by atoms with van der Waals surface area (Å²) in [7, 11) is 0. The zero-order chi connectivity index (χ0) is 12.8. The Hall–Kier alpha value is -0.190. The molecule has 1 atom stereocenters. The van der Waals surface area contributed by atoms with Gasteiger partial charge in [0.05, 0.1) is 11.0 Å². The third kappa shape index (κ3) is 5.32. The van der Waals surface area contributed by atoms with E-state index in [0.717, 1.165) is 32.1 Å². The van der Waals surface area contributed by atoms with Gasteiger partial charge in [0.1, 0.15) is 0 Å². The molecule has 1 rings (SSSR count). The normalized spacial score (nSPS) is 20.7. The monoisotopic (exact) mass is 257 g/mol. The van der Waals surface area contributed by atoms with Gasteiger partial charge in [0.2, 0.25) is 0 Å². The van der Waals surface area contributed by atoms with Gasteiger partial charge in [-0.2, -0.15) is 0 Å². The van der Waals surface area contributed by atoms with Crippen LogP contribution < -0.4 is 5.73 Å². The lowest BCUT2D eigenvalue weighted by Gasteiger charge is -2.37. The molecule has 0 aromatic heterocycles. The standard InChI is InChI=1S/C13H27N3S/c1-11(2)5-4-6-15-7-9-16(10-8-15)12(3)13(14)17/h11-12H,4-10H2,1-3H3,(H2,14,17). The van der Waals surface area contributed by atoms with E-state index in [2.05, 4.69) is 30.6 Å². The molecular weight excluding hydrogens is 230 g/mol. The second-order valence-corrected chi connectivity index (χ2v) is 5.96.